The fourth-order valence-corrected chi connectivity index (χ4v) is 12.8. The summed E-state index contributed by atoms with van der Waals surface area (Å²) < 4.78 is 14.0. The first-order valence-electron chi connectivity index (χ1n) is 20.6. The molecule has 1 aliphatic heterocycles. The minimum atomic E-state index is -0.625. The number of hydrogen-bond donors (Lipinski definition) is 3. The summed E-state index contributed by atoms with van der Waals surface area (Å²) in [5.41, 5.74) is 6.13. The van der Waals surface area contributed by atoms with Crippen molar-refractivity contribution in [3.63, 3.8) is 0 Å². The maximum atomic E-state index is 13.5. The molecule has 1 unspecified atom stereocenters. The van der Waals surface area contributed by atoms with Crippen molar-refractivity contribution in [1.82, 2.24) is 25.5 Å². The van der Waals surface area contributed by atoms with E-state index < -0.39 is 11.9 Å². The molecule has 0 radical (unpaired) electrons. The number of aromatic nitrogens is 4. The van der Waals surface area contributed by atoms with Gasteiger partial charge in [-0.15, -0.1) is 5.10 Å². The highest BCUT2D eigenvalue weighted by atomic mass is 16.5. The van der Waals surface area contributed by atoms with Crippen molar-refractivity contribution >= 4 is 11.9 Å². The molecule has 0 spiro atoms. The second kappa shape index (κ2) is 13.6. The van der Waals surface area contributed by atoms with E-state index in [0.29, 0.717) is 49.4 Å². The molecule has 10 nitrogen and oxygen atoms in total. The topological polar surface area (TPSA) is 137 Å². The average molecular weight is 725 g/mol. The van der Waals surface area contributed by atoms with Gasteiger partial charge in [-0.3, -0.25) is 4.79 Å². The van der Waals surface area contributed by atoms with Crippen LogP contribution in [-0.4, -0.2) is 69.3 Å². The van der Waals surface area contributed by atoms with Crippen molar-refractivity contribution in [2.24, 2.45) is 68.5 Å². The number of carboxylic acid groups (broad SMARTS) is 1. The van der Waals surface area contributed by atoms with Gasteiger partial charge in [0.1, 0.15) is 6.04 Å². The molecule has 4 aliphatic carbocycles. The Balaban J connectivity index is 1.40. The van der Waals surface area contributed by atoms with E-state index >= 15 is 0 Å². The Morgan fingerprint density at radius 1 is 1.10 bits per heavy atom. The number of nitrogens with two attached hydrogens (primary N) is 1. The van der Waals surface area contributed by atoms with E-state index in [1.54, 1.807) is 4.80 Å². The third-order valence-electron chi connectivity index (χ3n) is 16.9. The van der Waals surface area contributed by atoms with E-state index in [2.05, 4.69) is 110 Å². The Hall–Kier alpha value is -2.04. The van der Waals surface area contributed by atoms with Gasteiger partial charge in [0.25, 0.3) is 5.95 Å². The maximum Gasteiger partial charge on any atom is 0.307 e. The highest BCUT2D eigenvalue weighted by Crippen LogP contribution is 2.75. The molecule has 3 saturated carbocycles. The number of tetrazole rings is 1. The Kier molecular flexibility index (Phi) is 10.4. The Bertz CT molecular complexity index is 1510. The van der Waals surface area contributed by atoms with E-state index in [4.69, 9.17) is 15.2 Å². The summed E-state index contributed by atoms with van der Waals surface area (Å²) in [6, 6.07) is -0.170. The molecule has 4 fully saturated rings. The van der Waals surface area contributed by atoms with Crippen LogP contribution in [0.15, 0.2) is 11.6 Å². The van der Waals surface area contributed by atoms with Crippen LogP contribution in [0.4, 0.5) is 5.95 Å². The number of allylic oxidation sites excluding steroid dienone is 1. The number of hydrogen-bond acceptors (Lipinski definition) is 8. The highest BCUT2D eigenvalue weighted by molar-refractivity contribution is 5.73. The lowest BCUT2D eigenvalue weighted by molar-refractivity contribution is -0.254. The quantitative estimate of drug-likeness (QED) is 0.184. The average Bonchev–Trinajstić information content (AvgIpc) is 3.49. The first-order chi connectivity index (χ1) is 24.2. The molecule has 6 rings (SSSR count). The summed E-state index contributed by atoms with van der Waals surface area (Å²) in [4.78, 5) is 15.3. The monoisotopic (exact) mass is 725 g/mol. The molecular formula is C42H72N6O4. The molecule has 4 N–H and O–H groups in total. The molecule has 0 aromatic carbocycles. The van der Waals surface area contributed by atoms with Crippen LogP contribution in [-0.2, 0) is 14.3 Å². The van der Waals surface area contributed by atoms with E-state index in [-0.39, 0.29) is 56.6 Å². The normalized spacial score (nSPS) is 41.9. The van der Waals surface area contributed by atoms with Crippen LogP contribution >= 0.6 is 0 Å². The summed E-state index contributed by atoms with van der Waals surface area (Å²) >= 11 is 0. The van der Waals surface area contributed by atoms with Crippen molar-refractivity contribution in [2.45, 2.75) is 146 Å². The highest BCUT2D eigenvalue weighted by Gasteiger charge is 2.72. The number of carbonyl (C=O) groups is 1. The second-order valence-corrected chi connectivity index (χ2v) is 20.5. The number of nitrogen functional groups attached to an aromatic ring is 1. The lowest BCUT2D eigenvalue weighted by Crippen LogP contribution is -2.69. The van der Waals surface area contributed by atoms with Crippen molar-refractivity contribution in [3.05, 3.63) is 11.6 Å². The third-order valence-corrected chi connectivity index (χ3v) is 16.9. The molecule has 12 atom stereocenters. The zero-order valence-corrected chi connectivity index (χ0v) is 34.6. The van der Waals surface area contributed by atoms with Crippen molar-refractivity contribution in [3.8, 4) is 0 Å². The van der Waals surface area contributed by atoms with Gasteiger partial charge in [0.15, 0.2) is 0 Å². The molecule has 0 amide bonds. The zero-order valence-electron chi connectivity index (χ0n) is 34.6. The van der Waals surface area contributed by atoms with E-state index in [9.17, 15) is 9.90 Å². The third kappa shape index (κ3) is 5.89. The van der Waals surface area contributed by atoms with Gasteiger partial charge in [0, 0.05) is 16.4 Å². The number of nitrogens with zero attached hydrogens (tertiary/aromatic N) is 4. The SMILES string of the molecule is CC(C)CCN[C@@](C)(CO[C@@H]1[C@H](n2nnc(N)n2)CC23COC[C@@]1(C)[C@@H]2CC[C@H]1C3=CC[C@@]2(C)[C@H](C(=O)O)[C@@](C)([C@H](C)C(C)C)CC[C@]12C)C(C)C. The number of anilines is 1. The summed E-state index contributed by atoms with van der Waals surface area (Å²) in [5.74, 6) is 1.50. The summed E-state index contributed by atoms with van der Waals surface area (Å²) in [6.45, 7) is 30.4. The molecule has 1 aromatic heterocycles. The van der Waals surface area contributed by atoms with Crippen LogP contribution in [0.3, 0.4) is 0 Å². The summed E-state index contributed by atoms with van der Waals surface area (Å²) in [7, 11) is 0. The first kappa shape index (κ1) is 39.6. The lowest BCUT2D eigenvalue weighted by Gasteiger charge is -2.71. The Labute approximate surface area is 314 Å². The van der Waals surface area contributed by atoms with Gasteiger partial charge in [-0.1, -0.05) is 92.9 Å². The Morgan fingerprint density at radius 2 is 1.81 bits per heavy atom. The van der Waals surface area contributed by atoms with Crippen molar-refractivity contribution in [1.29, 1.82) is 0 Å². The maximum absolute atomic E-state index is 13.5. The molecule has 5 aliphatic rings. The van der Waals surface area contributed by atoms with Gasteiger partial charge in [0.2, 0.25) is 0 Å². The molecule has 1 saturated heterocycles. The molecule has 1 aromatic rings. The number of aliphatic carboxylic acids is 1. The van der Waals surface area contributed by atoms with Gasteiger partial charge in [-0.05, 0) is 115 Å². The van der Waals surface area contributed by atoms with Gasteiger partial charge in [-0.25, -0.2) is 0 Å². The van der Waals surface area contributed by atoms with Gasteiger partial charge in [-0.2, -0.15) is 4.80 Å². The lowest BCUT2D eigenvalue weighted by atomic mass is 9.34. The van der Waals surface area contributed by atoms with Crippen LogP contribution in [0.1, 0.15) is 134 Å². The van der Waals surface area contributed by atoms with E-state index in [0.717, 1.165) is 51.5 Å². The fourth-order valence-electron chi connectivity index (χ4n) is 12.8. The van der Waals surface area contributed by atoms with Crippen LogP contribution in [0.25, 0.3) is 0 Å². The van der Waals surface area contributed by atoms with Crippen LogP contribution < -0.4 is 11.1 Å². The molecule has 10 heteroatoms. The fraction of sp³-hybridized carbons (Fsp3) is 0.905. The second-order valence-electron chi connectivity index (χ2n) is 20.5. The first-order valence-corrected chi connectivity index (χ1v) is 20.6. The number of nitrogens with one attached hydrogen (secondary N) is 1. The van der Waals surface area contributed by atoms with Crippen molar-refractivity contribution < 1.29 is 19.4 Å². The largest absolute Gasteiger partial charge is 0.481 e. The summed E-state index contributed by atoms with van der Waals surface area (Å²) in [5, 5.41) is 28.3. The molecule has 2 heterocycles. The number of rotatable bonds is 12. The molecule has 294 valence electrons. The van der Waals surface area contributed by atoms with E-state index in [1.165, 1.54) is 5.57 Å². The predicted octanol–water partition coefficient (Wildman–Crippen LogP) is 7.82. The van der Waals surface area contributed by atoms with Crippen LogP contribution in [0, 0.1) is 68.5 Å². The standard InChI is InChI=1S/C42H72N6O4/c1-25(2)16-20-44-41(12,27(5)6)23-52-34-31(48-46-36(43)45-47-48)21-42-24-51-22-38(34,9)32(42)14-13-29-30(42)15-17-40(11)33(35(49)50)37(8,28(7)26(3)4)18-19-39(29,40)10/h15,25-29,31-34,44H,13-14,16-24H2,1-12H3,(H2,43,46)(H,49,50)/t28-,29+,31-,32+,33-,34-,37-,38+,39-,40+,41+,42?/m1/s1. The van der Waals surface area contributed by atoms with Crippen molar-refractivity contribution in [2.75, 3.05) is 32.1 Å². The summed E-state index contributed by atoms with van der Waals surface area (Å²) in [6.07, 6.45) is 9.08. The smallest absolute Gasteiger partial charge is 0.307 e. The molecular weight excluding hydrogens is 653 g/mol. The minimum Gasteiger partial charge on any atom is -0.481 e. The molecule has 52 heavy (non-hydrogen) atoms. The van der Waals surface area contributed by atoms with Crippen LogP contribution in [0.2, 0.25) is 0 Å². The van der Waals surface area contributed by atoms with Gasteiger partial charge < -0.3 is 25.6 Å². The van der Waals surface area contributed by atoms with E-state index in [1.807, 2.05) is 0 Å². The number of fused-ring (bicyclic) bond motifs is 3. The number of carboxylic acids is 1. The Morgan fingerprint density at radius 3 is 2.40 bits per heavy atom. The van der Waals surface area contributed by atoms with Gasteiger partial charge >= 0.3 is 5.97 Å². The van der Waals surface area contributed by atoms with Gasteiger partial charge in [0.05, 0.1) is 31.8 Å². The zero-order chi connectivity index (χ0) is 38.2. The minimum absolute atomic E-state index is 0.149. The van der Waals surface area contributed by atoms with Crippen LogP contribution in [0.5, 0.6) is 0 Å². The molecule has 2 bridgehead atoms. The number of ether oxygens (including phenoxy) is 2. The predicted molar refractivity (Wildman–Crippen MR) is 205 cm³/mol.